The van der Waals surface area contributed by atoms with Crippen molar-refractivity contribution in [2.45, 2.75) is 19.9 Å². The highest BCUT2D eigenvalue weighted by atomic mass is 35.5. The number of nitrogens with one attached hydrogen (secondary N) is 1. The molecule has 0 saturated heterocycles. The summed E-state index contributed by atoms with van der Waals surface area (Å²) in [5.74, 6) is -1.01. The zero-order valence-electron chi connectivity index (χ0n) is 10.3. The van der Waals surface area contributed by atoms with Crippen LogP contribution in [0.2, 0.25) is 5.02 Å². The maximum atomic E-state index is 11.6. The number of rotatable bonds is 5. The van der Waals surface area contributed by atoms with Crippen molar-refractivity contribution < 1.29 is 13.2 Å². The third-order valence-electron chi connectivity index (χ3n) is 2.52. The van der Waals surface area contributed by atoms with Crippen molar-refractivity contribution in [3.8, 4) is 0 Å². The number of benzene rings is 1. The number of hydrogen-bond donors (Lipinski definition) is 1. The van der Waals surface area contributed by atoms with Gasteiger partial charge in [-0.1, -0.05) is 30.7 Å². The molecule has 18 heavy (non-hydrogen) atoms. The topological polar surface area (TPSA) is 63.2 Å². The lowest BCUT2D eigenvalue weighted by atomic mass is 10.1. The van der Waals surface area contributed by atoms with E-state index in [1.54, 1.807) is 25.1 Å². The van der Waals surface area contributed by atoms with E-state index in [1.165, 1.54) is 6.92 Å². The SMILES string of the molecule is CCS(=O)(=O)CC(=O)N[C@@H](C)c1cccc(Cl)c1. The lowest BCUT2D eigenvalue weighted by Crippen LogP contribution is -2.32. The third kappa shape index (κ3) is 4.66. The molecule has 1 rings (SSSR count). The minimum Gasteiger partial charge on any atom is -0.349 e. The molecule has 1 aromatic rings. The zero-order valence-corrected chi connectivity index (χ0v) is 11.9. The van der Waals surface area contributed by atoms with Gasteiger partial charge in [0.2, 0.25) is 5.91 Å². The van der Waals surface area contributed by atoms with Gasteiger partial charge >= 0.3 is 0 Å². The van der Waals surface area contributed by atoms with E-state index in [1.807, 2.05) is 6.07 Å². The van der Waals surface area contributed by atoms with E-state index < -0.39 is 21.5 Å². The smallest absolute Gasteiger partial charge is 0.235 e. The minimum atomic E-state index is -3.29. The summed E-state index contributed by atoms with van der Waals surface area (Å²) in [6, 6.07) is 6.80. The Kier molecular flexibility index (Phi) is 5.16. The van der Waals surface area contributed by atoms with Gasteiger partial charge in [-0.15, -0.1) is 0 Å². The van der Waals surface area contributed by atoms with E-state index in [9.17, 15) is 13.2 Å². The van der Waals surface area contributed by atoms with Crippen molar-refractivity contribution in [3.63, 3.8) is 0 Å². The fraction of sp³-hybridized carbons (Fsp3) is 0.417. The normalized spacial score (nSPS) is 13.1. The maximum absolute atomic E-state index is 11.6. The van der Waals surface area contributed by atoms with Gasteiger partial charge in [0.05, 0.1) is 6.04 Å². The monoisotopic (exact) mass is 289 g/mol. The molecule has 1 aromatic carbocycles. The molecule has 4 nitrogen and oxygen atoms in total. The van der Waals surface area contributed by atoms with Crippen LogP contribution in [0.5, 0.6) is 0 Å². The molecule has 0 heterocycles. The Morgan fingerprint density at radius 1 is 1.44 bits per heavy atom. The van der Waals surface area contributed by atoms with Gasteiger partial charge in [-0.3, -0.25) is 4.79 Å². The largest absolute Gasteiger partial charge is 0.349 e. The Morgan fingerprint density at radius 3 is 2.67 bits per heavy atom. The average molecular weight is 290 g/mol. The predicted molar refractivity (Wildman–Crippen MR) is 72.3 cm³/mol. The Labute approximate surface area is 112 Å². The molecule has 100 valence electrons. The van der Waals surface area contributed by atoms with Crippen LogP contribution in [0, 0.1) is 0 Å². The van der Waals surface area contributed by atoms with Gasteiger partial charge in [0, 0.05) is 10.8 Å². The van der Waals surface area contributed by atoms with Gasteiger partial charge in [-0.25, -0.2) is 8.42 Å². The van der Waals surface area contributed by atoms with Crippen molar-refractivity contribution in [1.29, 1.82) is 0 Å². The van der Waals surface area contributed by atoms with Gasteiger partial charge < -0.3 is 5.32 Å². The van der Waals surface area contributed by atoms with E-state index in [0.717, 1.165) is 5.56 Å². The fourth-order valence-corrected chi connectivity index (χ4v) is 2.33. The molecule has 0 aliphatic rings. The first-order valence-electron chi connectivity index (χ1n) is 5.59. The molecule has 0 radical (unpaired) electrons. The molecule has 0 unspecified atom stereocenters. The number of halogens is 1. The van der Waals surface area contributed by atoms with Crippen LogP contribution >= 0.6 is 11.6 Å². The third-order valence-corrected chi connectivity index (χ3v) is 4.33. The second-order valence-corrected chi connectivity index (χ2v) is 6.81. The maximum Gasteiger partial charge on any atom is 0.235 e. The molecule has 0 bridgehead atoms. The number of sulfone groups is 1. The standard InChI is InChI=1S/C12H16ClNO3S/c1-3-18(16,17)8-12(15)14-9(2)10-5-4-6-11(13)7-10/h4-7,9H,3,8H2,1-2H3,(H,14,15)/t9-/m0/s1. The molecule has 0 fully saturated rings. The van der Waals surface area contributed by atoms with E-state index in [0.29, 0.717) is 5.02 Å². The van der Waals surface area contributed by atoms with Crippen molar-refractivity contribution in [3.05, 3.63) is 34.9 Å². The molecule has 1 N–H and O–H groups in total. The van der Waals surface area contributed by atoms with Crippen LogP contribution in [0.25, 0.3) is 0 Å². The van der Waals surface area contributed by atoms with Crippen molar-refractivity contribution in [1.82, 2.24) is 5.32 Å². The van der Waals surface area contributed by atoms with Crippen LogP contribution in [0.1, 0.15) is 25.5 Å². The molecule has 0 spiro atoms. The molecule has 0 saturated carbocycles. The average Bonchev–Trinajstić information content (AvgIpc) is 2.28. The van der Waals surface area contributed by atoms with Gasteiger partial charge in [0.1, 0.15) is 5.75 Å². The molecule has 0 aliphatic heterocycles. The fourth-order valence-electron chi connectivity index (χ4n) is 1.44. The van der Waals surface area contributed by atoms with Crippen molar-refractivity contribution in [2.75, 3.05) is 11.5 Å². The molecule has 1 atom stereocenters. The summed E-state index contributed by atoms with van der Waals surface area (Å²) in [6.45, 7) is 3.30. The van der Waals surface area contributed by atoms with Gasteiger partial charge in [0.15, 0.2) is 9.84 Å². The van der Waals surface area contributed by atoms with Crippen LogP contribution < -0.4 is 5.32 Å². The summed E-state index contributed by atoms with van der Waals surface area (Å²) >= 11 is 5.85. The molecule has 0 aromatic heterocycles. The predicted octanol–water partition coefficient (Wildman–Crippen LogP) is 1.95. The molecular weight excluding hydrogens is 274 g/mol. The summed E-state index contributed by atoms with van der Waals surface area (Å²) in [5.41, 5.74) is 0.838. The molecule has 0 aliphatic carbocycles. The Bertz CT molecular complexity index is 528. The summed E-state index contributed by atoms with van der Waals surface area (Å²) in [6.07, 6.45) is 0. The van der Waals surface area contributed by atoms with Crippen LogP contribution in [-0.4, -0.2) is 25.8 Å². The van der Waals surface area contributed by atoms with E-state index in [4.69, 9.17) is 11.6 Å². The first-order valence-corrected chi connectivity index (χ1v) is 7.79. The van der Waals surface area contributed by atoms with E-state index >= 15 is 0 Å². The lowest BCUT2D eigenvalue weighted by molar-refractivity contribution is -0.119. The summed E-state index contributed by atoms with van der Waals surface area (Å²) in [5, 5.41) is 3.22. The highest BCUT2D eigenvalue weighted by Gasteiger charge is 2.16. The highest BCUT2D eigenvalue weighted by molar-refractivity contribution is 7.92. The molecule has 1 amide bonds. The second-order valence-electron chi connectivity index (χ2n) is 4.02. The van der Waals surface area contributed by atoms with Crippen molar-refractivity contribution in [2.24, 2.45) is 0 Å². The lowest BCUT2D eigenvalue weighted by Gasteiger charge is -2.14. The second kappa shape index (κ2) is 6.20. The molecule has 6 heteroatoms. The van der Waals surface area contributed by atoms with Gasteiger partial charge in [0.25, 0.3) is 0 Å². The first-order chi connectivity index (χ1) is 8.34. The molecular formula is C12H16ClNO3S. The van der Waals surface area contributed by atoms with Crippen LogP contribution in [0.4, 0.5) is 0 Å². The Hall–Kier alpha value is -1.07. The van der Waals surface area contributed by atoms with Crippen molar-refractivity contribution >= 4 is 27.3 Å². The Balaban J connectivity index is 2.66. The van der Waals surface area contributed by atoms with Crippen LogP contribution in [0.3, 0.4) is 0 Å². The number of amides is 1. The van der Waals surface area contributed by atoms with Crippen LogP contribution in [0.15, 0.2) is 24.3 Å². The number of carbonyl (C=O) groups excluding carboxylic acids is 1. The highest BCUT2D eigenvalue weighted by Crippen LogP contribution is 2.17. The summed E-state index contributed by atoms with van der Waals surface area (Å²) in [4.78, 5) is 11.6. The quantitative estimate of drug-likeness (QED) is 0.901. The first kappa shape index (κ1) is 15.0. The minimum absolute atomic E-state index is 0.0357. The van der Waals surface area contributed by atoms with Gasteiger partial charge in [-0.05, 0) is 24.6 Å². The van der Waals surface area contributed by atoms with E-state index in [2.05, 4.69) is 5.32 Å². The summed E-state index contributed by atoms with van der Waals surface area (Å²) in [7, 11) is -3.29. The van der Waals surface area contributed by atoms with Crippen LogP contribution in [-0.2, 0) is 14.6 Å². The number of hydrogen-bond acceptors (Lipinski definition) is 3. The number of carbonyl (C=O) groups is 1. The summed E-state index contributed by atoms with van der Waals surface area (Å²) < 4.78 is 22.6. The van der Waals surface area contributed by atoms with Gasteiger partial charge in [-0.2, -0.15) is 0 Å². The Morgan fingerprint density at radius 2 is 2.11 bits per heavy atom. The zero-order chi connectivity index (χ0) is 13.8. The van der Waals surface area contributed by atoms with E-state index in [-0.39, 0.29) is 11.8 Å².